The number of fused-ring (bicyclic) bond motifs is 1. The van der Waals surface area contributed by atoms with Gasteiger partial charge >= 0.3 is 5.97 Å². The Labute approximate surface area is 102 Å². The lowest BCUT2D eigenvalue weighted by Gasteiger charge is -2.30. The second-order valence-corrected chi connectivity index (χ2v) is 4.52. The third kappa shape index (κ3) is 2.20. The summed E-state index contributed by atoms with van der Waals surface area (Å²) >= 11 is 0. The van der Waals surface area contributed by atoms with E-state index in [9.17, 15) is 4.79 Å². The zero-order chi connectivity index (χ0) is 12.3. The second kappa shape index (κ2) is 4.88. The predicted octanol–water partition coefficient (Wildman–Crippen LogP) is 2.00. The van der Waals surface area contributed by atoms with E-state index in [2.05, 4.69) is 30.4 Å². The molecule has 0 fully saturated rings. The Balaban J connectivity index is 2.33. The Morgan fingerprint density at radius 1 is 1.47 bits per heavy atom. The fourth-order valence-corrected chi connectivity index (χ4v) is 2.77. The van der Waals surface area contributed by atoms with Crippen LogP contribution in [0, 0.1) is 0 Å². The van der Waals surface area contributed by atoms with E-state index in [1.807, 2.05) is 6.07 Å². The van der Waals surface area contributed by atoms with Crippen LogP contribution in [0.3, 0.4) is 0 Å². The van der Waals surface area contributed by atoms with Crippen molar-refractivity contribution in [2.75, 3.05) is 13.7 Å². The number of methoxy groups -OCH3 is 1. The fraction of sp³-hybridized carbons (Fsp3) is 0.500. The molecule has 0 saturated heterocycles. The van der Waals surface area contributed by atoms with Crippen molar-refractivity contribution in [3.63, 3.8) is 0 Å². The number of hydrogen-bond donors (Lipinski definition) is 1. The molecule has 0 amide bonds. The highest BCUT2D eigenvalue weighted by atomic mass is 16.5. The van der Waals surface area contributed by atoms with Gasteiger partial charge in [0.15, 0.2) is 0 Å². The summed E-state index contributed by atoms with van der Waals surface area (Å²) < 4.78 is 4.82. The van der Waals surface area contributed by atoms with Crippen LogP contribution in [0.25, 0.3) is 0 Å². The van der Waals surface area contributed by atoms with Crippen molar-refractivity contribution in [3.05, 3.63) is 35.4 Å². The Morgan fingerprint density at radius 2 is 2.24 bits per heavy atom. The quantitative estimate of drug-likeness (QED) is 0.808. The lowest BCUT2D eigenvalue weighted by molar-refractivity contribution is -0.142. The van der Waals surface area contributed by atoms with E-state index in [0.29, 0.717) is 6.42 Å². The van der Waals surface area contributed by atoms with E-state index in [1.165, 1.54) is 18.2 Å². The first-order valence-electron chi connectivity index (χ1n) is 6.12. The van der Waals surface area contributed by atoms with Crippen molar-refractivity contribution in [2.24, 2.45) is 0 Å². The lowest BCUT2D eigenvalue weighted by atomic mass is 9.88. The minimum Gasteiger partial charge on any atom is -0.469 e. The molecule has 2 rings (SSSR count). The van der Waals surface area contributed by atoms with Gasteiger partial charge in [-0.05, 0) is 30.5 Å². The minimum absolute atomic E-state index is 0.150. The maximum atomic E-state index is 11.6. The summed E-state index contributed by atoms with van der Waals surface area (Å²) in [6.45, 7) is 2.92. The molecule has 1 aliphatic carbocycles. The second-order valence-electron chi connectivity index (χ2n) is 4.52. The molecule has 1 atom stereocenters. The number of hydrogen-bond acceptors (Lipinski definition) is 3. The van der Waals surface area contributed by atoms with Crippen LogP contribution in [0.2, 0.25) is 0 Å². The molecule has 0 bridgehead atoms. The number of carbonyl (C=O) groups excluding carboxylic acids is 1. The van der Waals surface area contributed by atoms with E-state index in [-0.39, 0.29) is 11.5 Å². The van der Waals surface area contributed by atoms with Gasteiger partial charge < -0.3 is 10.1 Å². The molecule has 17 heavy (non-hydrogen) atoms. The molecule has 0 aliphatic heterocycles. The van der Waals surface area contributed by atoms with Gasteiger partial charge in [0, 0.05) is 0 Å². The molecular formula is C14H19NO2. The molecular weight excluding hydrogens is 214 g/mol. The largest absolute Gasteiger partial charge is 0.469 e. The highest BCUT2D eigenvalue weighted by molar-refractivity contribution is 5.71. The number of rotatable bonds is 4. The first-order chi connectivity index (χ1) is 8.22. The lowest BCUT2D eigenvalue weighted by Crippen LogP contribution is -2.42. The molecule has 0 spiro atoms. The van der Waals surface area contributed by atoms with Crippen molar-refractivity contribution in [2.45, 2.75) is 31.7 Å². The molecule has 0 heterocycles. The molecule has 1 aromatic carbocycles. The first-order valence-corrected chi connectivity index (χ1v) is 6.12. The van der Waals surface area contributed by atoms with E-state index < -0.39 is 0 Å². The summed E-state index contributed by atoms with van der Waals surface area (Å²) in [4.78, 5) is 11.6. The van der Waals surface area contributed by atoms with Gasteiger partial charge in [0.25, 0.3) is 0 Å². The maximum absolute atomic E-state index is 11.6. The van der Waals surface area contributed by atoms with Gasteiger partial charge in [0.1, 0.15) is 0 Å². The summed E-state index contributed by atoms with van der Waals surface area (Å²) in [5.74, 6) is -0.150. The van der Waals surface area contributed by atoms with Crippen LogP contribution in [0.15, 0.2) is 24.3 Å². The van der Waals surface area contributed by atoms with Crippen LogP contribution in [0.1, 0.15) is 30.9 Å². The minimum atomic E-state index is -0.224. The molecule has 0 saturated carbocycles. The van der Waals surface area contributed by atoms with Crippen molar-refractivity contribution in [3.8, 4) is 0 Å². The van der Waals surface area contributed by atoms with E-state index in [4.69, 9.17) is 4.74 Å². The highest BCUT2D eigenvalue weighted by Gasteiger charge is 2.39. The Morgan fingerprint density at radius 3 is 2.94 bits per heavy atom. The molecule has 0 aromatic heterocycles. The third-order valence-electron chi connectivity index (χ3n) is 3.54. The smallest absolute Gasteiger partial charge is 0.307 e. The van der Waals surface area contributed by atoms with Gasteiger partial charge in [-0.25, -0.2) is 0 Å². The van der Waals surface area contributed by atoms with Crippen LogP contribution >= 0.6 is 0 Å². The molecule has 1 aromatic rings. The summed E-state index contributed by atoms with van der Waals surface area (Å²) in [6, 6.07) is 8.35. The number of nitrogens with one attached hydrogen (secondary N) is 1. The first kappa shape index (κ1) is 12.1. The number of esters is 1. The van der Waals surface area contributed by atoms with Crippen LogP contribution < -0.4 is 5.32 Å². The van der Waals surface area contributed by atoms with Crippen LogP contribution in [0.4, 0.5) is 0 Å². The third-order valence-corrected chi connectivity index (χ3v) is 3.54. The average molecular weight is 233 g/mol. The number of ether oxygens (including phenoxy) is 1. The zero-order valence-corrected chi connectivity index (χ0v) is 10.5. The maximum Gasteiger partial charge on any atom is 0.307 e. The monoisotopic (exact) mass is 233 g/mol. The molecule has 3 heteroatoms. The molecule has 1 N–H and O–H groups in total. The summed E-state index contributed by atoms with van der Waals surface area (Å²) in [5, 5.41) is 3.48. The SMILES string of the molecule is CCNC1(CC(=O)OC)CCc2ccccc21. The fourth-order valence-electron chi connectivity index (χ4n) is 2.77. The Hall–Kier alpha value is -1.35. The summed E-state index contributed by atoms with van der Waals surface area (Å²) in [7, 11) is 1.45. The van der Waals surface area contributed by atoms with Gasteiger partial charge in [0.2, 0.25) is 0 Å². The normalized spacial score (nSPS) is 22.2. The van der Waals surface area contributed by atoms with Gasteiger partial charge in [-0.1, -0.05) is 31.2 Å². The van der Waals surface area contributed by atoms with Gasteiger partial charge in [-0.2, -0.15) is 0 Å². The van der Waals surface area contributed by atoms with E-state index in [0.717, 1.165) is 19.4 Å². The van der Waals surface area contributed by atoms with Gasteiger partial charge in [-0.15, -0.1) is 0 Å². The topological polar surface area (TPSA) is 38.3 Å². The number of aryl methyl sites for hydroxylation is 1. The Kier molecular flexibility index (Phi) is 3.48. The van der Waals surface area contributed by atoms with Crippen molar-refractivity contribution in [1.82, 2.24) is 5.32 Å². The molecule has 92 valence electrons. The number of benzene rings is 1. The predicted molar refractivity (Wildman–Crippen MR) is 66.8 cm³/mol. The summed E-state index contributed by atoms with van der Waals surface area (Å²) in [5.41, 5.74) is 2.38. The summed E-state index contributed by atoms with van der Waals surface area (Å²) in [6.07, 6.45) is 2.41. The average Bonchev–Trinajstić information content (AvgIpc) is 2.69. The Bertz CT molecular complexity index is 412. The van der Waals surface area contributed by atoms with E-state index >= 15 is 0 Å². The zero-order valence-electron chi connectivity index (χ0n) is 10.5. The van der Waals surface area contributed by atoms with Crippen LogP contribution in [0.5, 0.6) is 0 Å². The van der Waals surface area contributed by atoms with Crippen molar-refractivity contribution >= 4 is 5.97 Å². The van der Waals surface area contributed by atoms with Gasteiger partial charge in [0.05, 0.1) is 19.1 Å². The van der Waals surface area contributed by atoms with Crippen LogP contribution in [-0.2, 0) is 21.5 Å². The molecule has 1 unspecified atom stereocenters. The van der Waals surface area contributed by atoms with Crippen molar-refractivity contribution in [1.29, 1.82) is 0 Å². The standard InChI is InChI=1S/C14H19NO2/c1-3-15-14(10-13(16)17-2)9-8-11-6-4-5-7-12(11)14/h4-7,15H,3,8-10H2,1-2H3. The van der Waals surface area contributed by atoms with E-state index in [1.54, 1.807) is 0 Å². The van der Waals surface area contributed by atoms with Crippen LogP contribution in [-0.4, -0.2) is 19.6 Å². The van der Waals surface area contributed by atoms with Crippen molar-refractivity contribution < 1.29 is 9.53 Å². The number of carbonyl (C=O) groups is 1. The molecule has 1 aliphatic rings. The molecule has 0 radical (unpaired) electrons. The van der Waals surface area contributed by atoms with Gasteiger partial charge in [-0.3, -0.25) is 4.79 Å². The molecule has 3 nitrogen and oxygen atoms in total. The highest BCUT2D eigenvalue weighted by Crippen LogP contribution is 2.39.